The number of carbonyl (C=O) groups excluding carboxylic acids is 2. The summed E-state index contributed by atoms with van der Waals surface area (Å²) in [5.74, 6) is -0.645. The molecule has 1 aliphatic rings. The van der Waals surface area contributed by atoms with Crippen molar-refractivity contribution in [1.82, 2.24) is 4.90 Å². The van der Waals surface area contributed by atoms with Gasteiger partial charge in [0, 0.05) is 24.2 Å². The Labute approximate surface area is 155 Å². The molecule has 0 unspecified atom stereocenters. The summed E-state index contributed by atoms with van der Waals surface area (Å²) in [6.45, 7) is 2.43. The first-order valence-electron chi connectivity index (χ1n) is 8.59. The maximum atomic E-state index is 13.0. The molecule has 0 bridgehead atoms. The molecule has 27 heavy (non-hydrogen) atoms. The number of hydrogen-bond acceptors (Lipinski definition) is 2. The largest absolute Gasteiger partial charge is 0.416 e. The van der Waals surface area contributed by atoms with Crippen molar-refractivity contribution >= 4 is 17.5 Å². The minimum atomic E-state index is -4.53. The number of rotatable bonds is 4. The van der Waals surface area contributed by atoms with Crippen LogP contribution in [-0.2, 0) is 11.0 Å². The van der Waals surface area contributed by atoms with Gasteiger partial charge in [0.05, 0.1) is 5.56 Å². The molecule has 4 nitrogen and oxygen atoms in total. The van der Waals surface area contributed by atoms with E-state index < -0.39 is 17.6 Å². The van der Waals surface area contributed by atoms with Crippen LogP contribution < -0.4 is 4.90 Å². The highest BCUT2D eigenvalue weighted by molar-refractivity contribution is 6.06. The molecule has 0 aromatic heterocycles. The van der Waals surface area contributed by atoms with Crippen LogP contribution >= 0.6 is 0 Å². The van der Waals surface area contributed by atoms with E-state index in [9.17, 15) is 22.8 Å². The van der Waals surface area contributed by atoms with Gasteiger partial charge in [-0.2, -0.15) is 13.2 Å². The Hall–Kier alpha value is -2.83. The van der Waals surface area contributed by atoms with E-state index in [0.29, 0.717) is 25.1 Å². The van der Waals surface area contributed by atoms with Crippen molar-refractivity contribution < 1.29 is 22.8 Å². The number of aryl methyl sites for hydroxylation is 1. The van der Waals surface area contributed by atoms with Gasteiger partial charge in [0.2, 0.25) is 5.91 Å². The lowest BCUT2D eigenvalue weighted by Crippen LogP contribution is -2.42. The fourth-order valence-electron chi connectivity index (χ4n) is 3.00. The van der Waals surface area contributed by atoms with Crippen LogP contribution in [0, 0.1) is 6.92 Å². The maximum absolute atomic E-state index is 13.0. The molecular weight excluding hydrogens is 357 g/mol. The van der Waals surface area contributed by atoms with Crippen LogP contribution in [0.3, 0.4) is 0 Å². The van der Waals surface area contributed by atoms with Gasteiger partial charge in [0.15, 0.2) is 0 Å². The summed E-state index contributed by atoms with van der Waals surface area (Å²) >= 11 is 0. The molecule has 142 valence electrons. The summed E-state index contributed by atoms with van der Waals surface area (Å²) in [5.41, 5.74) is 0.566. The number of carbonyl (C=O) groups is 2. The Balaban J connectivity index is 1.95. The van der Waals surface area contributed by atoms with Gasteiger partial charge in [0.25, 0.3) is 5.91 Å². The van der Waals surface area contributed by atoms with Gasteiger partial charge < -0.3 is 4.90 Å². The minimum Gasteiger partial charge on any atom is -0.324 e. The zero-order valence-electron chi connectivity index (χ0n) is 14.8. The second-order valence-electron chi connectivity index (χ2n) is 6.55. The van der Waals surface area contributed by atoms with Crippen molar-refractivity contribution in [3.05, 3.63) is 65.2 Å². The third kappa shape index (κ3) is 4.30. The van der Waals surface area contributed by atoms with Gasteiger partial charge in [-0.1, -0.05) is 23.8 Å². The number of likely N-dealkylation sites (tertiary alicyclic amines) is 1. The van der Waals surface area contributed by atoms with E-state index in [-0.39, 0.29) is 18.1 Å². The van der Waals surface area contributed by atoms with E-state index in [0.717, 1.165) is 17.7 Å². The predicted octanol–water partition coefficient (Wildman–Crippen LogP) is 4.24. The fourth-order valence-corrected chi connectivity index (χ4v) is 3.00. The summed E-state index contributed by atoms with van der Waals surface area (Å²) < 4.78 is 39.0. The Morgan fingerprint density at radius 2 is 1.85 bits per heavy atom. The Kier molecular flexibility index (Phi) is 5.21. The highest BCUT2D eigenvalue weighted by atomic mass is 19.4. The molecule has 0 saturated carbocycles. The quantitative estimate of drug-likeness (QED) is 0.801. The Bertz CT molecular complexity index is 847. The molecule has 0 radical (unpaired) electrons. The van der Waals surface area contributed by atoms with Crippen molar-refractivity contribution in [2.75, 3.05) is 18.1 Å². The number of amides is 2. The van der Waals surface area contributed by atoms with Crippen LogP contribution in [-0.4, -0.2) is 29.9 Å². The van der Waals surface area contributed by atoms with E-state index in [1.807, 2.05) is 19.1 Å². The topological polar surface area (TPSA) is 40.6 Å². The van der Waals surface area contributed by atoms with E-state index in [1.165, 1.54) is 17.0 Å². The molecule has 0 atom stereocenters. The molecule has 2 aromatic rings. The van der Waals surface area contributed by atoms with E-state index >= 15 is 0 Å². The second-order valence-corrected chi connectivity index (χ2v) is 6.55. The second kappa shape index (κ2) is 7.42. The summed E-state index contributed by atoms with van der Waals surface area (Å²) in [4.78, 5) is 27.9. The minimum absolute atomic E-state index is 0.0109. The fraction of sp³-hybridized carbons (Fsp3) is 0.300. The van der Waals surface area contributed by atoms with Crippen molar-refractivity contribution in [3.63, 3.8) is 0 Å². The highest BCUT2D eigenvalue weighted by Crippen LogP contribution is 2.30. The standard InChI is InChI=1S/C20H19F3N2O2/c1-14-7-9-17(10-8-14)25(13-24-11-3-6-18(24)26)19(27)15-4-2-5-16(12-15)20(21,22)23/h2,4-5,7-10,12H,3,6,11,13H2,1H3. The average molecular weight is 376 g/mol. The molecule has 1 fully saturated rings. The average Bonchev–Trinajstić information content (AvgIpc) is 3.04. The monoisotopic (exact) mass is 376 g/mol. The van der Waals surface area contributed by atoms with Crippen molar-refractivity contribution in [1.29, 1.82) is 0 Å². The lowest BCUT2D eigenvalue weighted by atomic mass is 10.1. The first kappa shape index (κ1) is 18.9. The normalized spacial score (nSPS) is 14.5. The number of nitrogens with zero attached hydrogens (tertiary/aromatic N) is 2. The van der Waals surface area contributed by atoms with Crippen LogP contribution in [0.25, 0.3) is 0 Å². The van der Waals surface area contributed by atoms with Crippen LogP contribution in [0.2, 0.25) is 0 Å². The first-order chi connectivity index (χ1) is 12.8. The van der Waals surface area contributed by atoms with Crippen molar-refractivity contribution in [2.45, 2.75) is 25.9 Å². The molecule has 1 aliphatic heterocycles. The van der Waals surface area contributed by atoms with Crippen LogP contribution in [0.1, 0.15) is 34.3 Å². The zero-order valence-corrected chi connectivity index (χ0v) is 14.8. The number of halogens is 3. The molecule has 0 aliphatic carbocycles. The number of alkyl halides is 3. The van der Waals surface area contributed by atoms with Gasteiger partial charge >= 0.3 is 6.18 Å². The van der Waals surface area contributed by atoms with E-state index in [4.69, 9.17) is 0 Å². The molecule has 0 spiro atoms. The molecule has 1 saturated heterocycles. The number of hydrogen-bond donors (Lipinski definition) is 0. The molecule has 1 heterocycles. The summed E-state index contributed by atoms with van der Waals surface area (Å²) in [5, 5.41) is 0. The van der Waals surface area contributed by atoms with E-state index in [2.05, 4.69) is 0 Å². The zero-order chi connectivity index (χ0) is 19.6. The van der Waals surface area contributed by atoms with Gasteiger partial charge in [-0.3, -0.25) is 14.5 Å². The van der Waals surface area contributed by atoms with Gasteiger partial charge in [-0.25, -0.2) is 0 Å². The summed E-state index contributed by atoms with van der Waals surface area (Å²) in [6.07, 6.45) is -3.41. The molecular formula is C20H19F3N2O2. The molecule has 3 rings (SSSR count). The smallest absolute Gasteiger partial charge is 0.324 e. The van der Waals surface area contributed by atoms with Crippen LogP contribution in [0.5, 0.6) is 0 Å². The summed E-state index contributed by atoms with van der Waals surface area (Å²) in [6, 6.07) is 11.4. The van der Waals surface area contributed by atoms with Crippen LogP contribution in [0.15, 0.2) is 48.5 Å². The van der Waals surface area contributed by atoms with Gasteiger partial charge in [-0.05, 0) is 43.7 Å². The lowest BCUT2D eigenvalue weighted by molar-refractivity contribution is -0.137. The third-order valence-electron chi connectivity index (χ3n) is 4.51. The third-order valence-corrected chi connectivity index (χ3v) is 4.51. The molecule has 2 aromatic carbocycles. The molecule has 2 amide bonds. The highest BCUT2D eigenvalue weighted by Gasteiger charge is 2.32. The van der Waals surface area contributed by atoms with Crippen molar-refractivity contribution in [3.8, 4) is 0 Å². The maximum Gasteiger partial charge on any atom is 0.416 e. The number of anilines is 1. The van der Waals surface area contributed by atoms with E-state index in [1.54, 1.807) is 17.0 Å². The van der Waals surface area contributed by atoms with Gasteiger partial charge in [-0.15, -0.1) is 0 Å². The van der Waals surface area contributed by atoms with Crippen LogP contribution in [0.4, 0.5) is 18.9 Å². The lowest BCUT2D eigenvalue weighted by Gasteiger charge is -2.28. The first-order valence-corrected chi connectivity index (χ1v) is 8.59. The molecule has 0 N–H and O–H groups in total. The van der Waals surface area contributed by atoms with Crippen molar-refractivity contribution in [2.24, 2.45) is 0 Å². The summed E-state index contributed by atoms with van der Waals surface area (Å²) in [7, 11) is 0. The number of benzene rings is 2. The predicted molar refractivity (Wildman–Crippen MR) is 95.2 cm³/mol. The Morgan fingerprint density at radius 1 is 1.15 bits per heavy atom. The van der Waals surface area contributed by atoms with Gasteiger partial charge in [0.1, 0.15) is 6.67 Å². The SMILES string of the molecule is Cc1ccc(N(CN2CCCC2=O)C(=O)c2cccc(C(F)(F)F)c2)cc1. The Morgan fingerprint density at radius 3 is 2.44 bits per heavy atom. The molecule has 7 heteroatoms.